The first-order valence-electron chi connectivity index (χ1n) is 11.3. The molecule has 1 aromatic heterocycles. The Morgan fingerprint density at radius 2 is 1.83 bits per heavy atom. The first-order chi connectivity index (χ1) is 16.8. The Bertz CT molecular complexity index is 1180. The summed E-state index contributed by atoms with van der Waals surface area (Å²) in [5, 5.41) is 6.99. The number of hydrogen-bond donors (Lipinski definition) is 1. The third-order valence-corrected chi connectivity index (χ3v) is 5.97. The molecule has 1 N–H and O–H groups in total. The molecule has 0 bridgehead atoms. The highest BCUT2D eigenvalue weighted by atomic mass is 19.4. The highest BCUT2D eigenvalue weighted by Crippen LogP contribution is 2.38. The van der Waals surface area contributed by atoms with Gasteiger partial charge in [-0.25, -0.2) is 4.39 Å². The Kier molecular flexibility index (Phi) is 7.53. The van der Waals surface area contributed by atoms with E-state index in [1.807, 2.05) is 19.3 Å². The molecule has 1 fully saturated rings. The minimum Gasteiger partial charge on any atom is -0.406 e. The SMILES string of the molecule is CNC=C(c1cccc(F)c1)C1CCC(C=Cc2nc(-c3ccc(OC(F)(F)F)cc3)no2)CC1. The van der Waals surface area contributed by atoms with Gasteiger partial charge in [0.25, 0.3) is 5.89 Å². The van der Waals surface area contributed by atoms with Gasteiger partial charge in [-0.05, 0) is 91.1 Å². The number of hydrogen-bond acceptors (Lipinski definition) is 5. The number of alkyl halides is 3. The zero-order chi connectivity index (χ0) is 24.8. The summed E-state index contributed by atoms with van der Waals surface area (Å²) in [6.07, 6.45) is 4.93. The van der Waals surface area contributed by atoms with Gasteiger partial charge in [-0.3, -0.25) is 0 Å². The molecule has 0 amide bonds. The fraction of sp³-hybridized carbons (Fsp3) is 0.308. The molecule has 4 rings (SSSR count). The molecule has 3 aromatic rings. The summed E-state index contributed by atoms with van der Waals surface area (Å²) in [7, 11) is 1.84. The second-order valence-electron chi connectivity index (χ2n) is 8.40. The Morgan fingerprint density at radius 1 is 1.09 bits per heavy atom. The number of halogens is 4. The minimum atomic E-state index is -4.74. The van der Waals surface area contributed by atoms with E-state index in [-0.39, 0.29) is 17.4 Å². The summed E-state index contributed by atoms with van der Waals surface area (Å²) in [5.74, 6) is 0.741. The van der Waals surface area contributed by atoms with Crippen LogP contribution in [0.4, 0.5) is 17.6 Å². The van der Waals surface area contributed by atoms with Gasteiger partial charge in [0.15, 0.2) is 0 Å². The lowest BCUT2D eigenvalue weighted by Gasteiger charge is -2.29. The Morgan fingerprint density at radius 3 is 2.49 bits per heavy atom. The molecule has 0 saturated heterocycles. The fourth-order valence-electron chi connectivity index (χ4n) is 4.33. The maximum atomic E-state index is 13.7. The number of ether oxygens (including phenoxy) is 1. The topological polar surface area (TPSA) is 60.2 Å². The van der Waals surface area contributed by atoms with Gasteiger partial charge in [0.05, 0.1) is 0 Å². The van der Waals surface area contributed by atoms with Gasteiger partial charge in [-0.2, -0.15) is 4.98 Å². The van der Waals surface area contributed by atoms with Crippen LogP contribution in [0.3, 0.4) is 0 Å². The minimum absolute atomic E-state index is 0.245. The Balaban J connectivity index is 1.34. The molecule has 0 unspecified atom stereocenters. The van der Waals surface area contributed by atoms with Crippen molar-refractivity contribution in [2.24, 2.45) is 11.8 Å². The average molecular weight is 487 g/mol. The number of nitrogens with one attached hydrogen (secondary N) is 1. The lowest BCUT2D eigenvalue weighted by molar-refractivity contribution is -0.274. The van der Waals surface area contributed by atoms with Crippen LogP contribution in [-0.2, 0) is 0 Å². The highest BCUT2D eigenvalue weighted by Gasteiger charge is 2.31. The van der Waals surface area contributed by atoms with Crippen molar-refractivity contribution in [3.63, 3.8) is 0 Å². The molecule has 1 aliphatic carbocycles. The van der Waals surface area contributed by atoms with Crippen molar-refractivity contribution in [3.8, 4) is 17.1 Å². The van der Waals surface area contributed by atoms with Gasteiger partial charge >= 0.3 is 6.36 Å². The highest BCUT2D eigenvalue weighted by molar-refractivity contribution is 5.67. The maximum absolute atomic E-state index is 13.7. The van der Waals surface area contributed by atoms with Crippen LogP contribution in [0, 0.1) is 17.7 Å². The smallest absolute Gasteiger partial charge is 0.406 e. The van der Waals surface area contributed by atoms with Crippen LogP contribution in [0.2, 0.25) is 0 Å². The van der Waals surface area contributed by atoms with Crippen LogP contribution in [0.15, 0.2) is 65.3 Å². The number of benzene rings is 2. The molecule has 5 nitrogen and oxygen atoms in total. The summed E-state index contributed by atoms with van der Waals surface area (Å²) in [6, 6.07) is 12.0. The monoisotopic (exact) mass is 487 g/mol. The van der Waals surface area contributed by atoms with Crippen molar-refractivity contribution in [2.45, 2.75) is 32.0 Å². The number of aromatic nitrogens is 2. The molecule has 2 aromatic carbocycles. The summed E-state index contributed by atoms with van der Waals surface area (Å²) in [4.78, 5) is 4.30. The number of nitrogens with zero attached hydrogens (tertiary/aromatic N) is 2. The van der Waals surface area contributed by atoms with E-state index in [4.69, 9.17) is 4.52 Å². The van der Waals surface area contributed by atoms with Gasteiger partial charge in [0, 0.05) is 18.8 Å². The summed E-state index contributed by atoms with van der Waals surface area (Å²) in [6.45, 7) is 0. The van der Waals surface area contributed by atoms with Crippen molar-refractivity contribution in [2.75, 3.05) is 7.05 Å². The molecule has 0 spiro atoms. The molecule has 1 heterocycles. The van der Waals surface area contributed by atoms with Crippen molar-refractivity contribution < 1.29 is 26.8 Å². The van der Waals surface area contributed by atoms with E-state index in [9.17, 15) is 17.6 Å². The standard InChI is InChI=1S/C26H25F4N3O2/c1-31-16-23(20-3-2-4-21(27)15-20)18-8-5-17(6-9-18)7-14-24-32-25(33-35-24)19-10-12-22(13-11-19)34-26(28,29)30/h2-4,7,10-18,31H,5-6,8-9H2,1H3. The quantitative estimate of drug-likeness (QED) is 0.369. The van der Waals surface area contributed by atoms with Crippen molar-refractivity contribution >= 4 is 11.6 Å². The average Bonchev–Trinajstić information content (AvgIpc) is 3.30. The third-order valence-electron chi connectivity index (χ3n) is 5.97. The number of allylic oxidation sites excluding steroid dienone is 2. The van der Waals surface area contributed by atoms with Crippen molar-refractivity contribution in [1.82, 2.24) is 15.5 Å². The van der Waals surface area contributed by atoms with Crippen LogP contribution in [0.5, 0.6) is 5.75 Å². The zero-order valence-electron chi connectivity index (χ0n) is 19.1. The fourth-order valence-corrected chi connectivity index (χ4v) is 4.33. The molecule has 0 aliphatic heterocycles. The van der Waals surface area contributed by atoms with E-state index in [0.717, 1.165) is 36.8 Å². The predicted molar refractivity (Wildman–Crippen MR) is 124 cm³/mol. The molecule has 184 valence electrons. The van der Waals surface area contributed by atoms with E-state index >= 15 is 0 Å². The molecule has 0 radical (unpaired) electrons. The summed E-state index contributed by atoms with van der Waals surface area (Å²) in [5.41, 5.74) is 2.53. The lowest BCUT2D eigenvalue weighted by atomic mass is 9.77. The third kappa shape index (κ3) is 6.71. The van der Waals surface area contributed by atoms with E-state index < -0.39 is 6.36 Å². The molecule has 0 atom stereocenters. The van der Waals surface area contributed by atoms with Crippen molar-refractivity contribution in [3.05, 3.63) is 78.1 Å². The molecule has 35 heavy (non-hydrogen) atoms. The van der Waals surface area contributed by atoms with Crippen molar-refractivity contribution in [1.29, 1.82) is 0 Å². The molecular formula is C26H25F4N3O2. The zero-order valence-corrected chi connectivity index (χ0v) is 19.1. The summed E-state index contributed by atoms with van der Waals surface area (Å²) >= 11 is 0. The molecule has 9 heteroatoms. The lowest BCUT2D eigenvalue weighted by Crippen LogP contribution is -2.16. The maximum Gasteiger partial charge on any atom is 0.573 e. The van der Waals surface area contributed by atoms with Gasteiger partial charge in [0.1, 0.15) is 11.6 Å². The Labute approximate surface area is 200 Å². The Hall–Kier alpha value is -3.62. The van der Waals surface area contributed by atoms with Gasteiger partial charge < -0.3 is 14.6 Å². The second-order valence-corrected chi connectivity index (χ2v) is 8.40. The van der Waals surface area contributed by atoms with Crippen LogP contribution < -0.4 is 10.1 Å². The van der Waals surface area contributed by atoms with Crippen LogP contribution >= 0.6 is 0 Å². The van der Waals surface area contributed by atoms with Crippen LogP contribution in [0.1, 0.15) is 37.1 Å². The normalized spacial score (nSPS) is 19.2. The van der Waals surface area contributed by atoms with E-state index in [0.29, 0.717) is 23.3 Å². The molecule has 1 saturated carbocycles. The molecular weight excluding hydrogens is 462 g/mol. The van der Waals surface area contributed by atoms with Gasteiger partial charge in [-0.15, -0.1) is 13.2 Å². The summed E-state index contributed by atoms with van der Waals surface area (Å²) < 4.78 is 59.8. The molecule has 1 aliphatic rings. The predicted octanol–water partition coefficient (Wildman–Crippen LogP) is 6.85. The largest absolute Gasteiger partial charge is 0.573 e. The van der Waals surface area contributed by atoms with Gasteiger partial charge in [-0.1, -0.05) is 23.4 Å². The van der Waals surface area contributed by atoms with Crippen LogP contribution in [0.25, 0.3) is 23.0 Å². The van der Waals surface area contributed by atoms with E-state index in [1.54, 1.807) is 18.2 Å². The van der Waals surface area contributed by atoms with E-state index in [2.05, 4.69) is 26.3 Å². The first kappa shape index (κ1) is 24.5. The first-order valence-corrected chi connectivity index (χ1v) is 11.3. The van der Waals surface area contributed by atoms with E-state index in [1.165, 1.54) is 30.3 Å². The second kappa shape index (κ2) is 10.8. The van der Waals surface area contributed by atoms with Crippen LogP contribution in [-0.4, -0.2) is 23.6 Å². The van der Waals surface area contributed by atoms with Gasteiger partial charge in [0.2, 0.25) is 5.82 Å². The number of rotatable bonds is 7.